The summed E-state index contributed by atoms with van der Waals surface area (Å²) in [5.74, 6) is 0.725. The van der Waals surface area contributed by atoms with Crippen molar-refractivity contribution in [3.63, 3.8) is 0 Å². The van der Waals surface area contributed by atoms with Crippen molar-refractivity contribution in [3.8, 4) is 17.2 Å². The minimum absolute atomic E-state index is 0.234. The number of aromatic hydroxyl groups is 3. The maximum absolute atomic E-state index is 10.1. The Morgan fingerprint density at radius 2 is 1.23 bits per heavy atom. The molecule has 0 radical (unpaired) electrons. The van der Waals surface area contributed by atoms with Crippen LogP contribution in [0.25, 0.3) is 5.57 Å². The average Bonchev–Trinajstić information content (AvgIpc) is 2.67. The van der Waals surface area contributed by atoms with Gasteiger partial charge in [0.1, 0.15) is 17.2 Å². The molecule has 1 atom stereocenters. The molecule has 3 aromatic rings. The van der Waals surface area contributed by atoms with Crippen molar-refractivity contribution < 1.29 is 15.3 Å². The molecule has 3 nitrogen and oxygen atoms in total. The quantitative estimate of drug-likeness (QED) is 0.439. The van der Waals surface area contributed by atoms with E-state index in [0.717, 1.165) is 28.7 Å². The highest BCUT2D eigenvalue weighted by atomic mass is 16.3. The zero-order chi connectivity index (χ0) is 21.9. The second-order valence-electron chi connectivity index (χ2n) is 8.96. The molecular formula is C27H30O3. The maximum Gasteiger partial charge on any atom is 0.116 e. The first-order chi connectivity index (χ1) is 14.1. The molecule has 3 N–H and O–H groups in total. The summed E-state index contributed by atoms with van der Waals surface area (Å²) in [5.41, 5.74) is 3.42. The molecule has 0 spiro atoms. The fourth-order valence-electron chi connectivity index (χ4n) is 4.36. The van der Waals surface area contributed by atoms with E-state index in [2.05, 4.69) is 26.8 Å². The van der Waals surface area contributed by atoms with Crippen molar-refractivity contribution >= 4 is 5.57 Å². The summed E-state index contributed by atoms with van der Waals surface area (Å²) in [5, 5.41) is 30.0. The standard InChI is InChI=1S/C27H30O3/c1-19(20-8-5-11-23(28)14-20)17-27(4,22-10-7-13-25(30)16-22)18-26(2,3)21-9-6-12-24(29)15-21/h5-17,28-30H,18H2,1-4H3/b19-17+. The lowest BCUT2D eigenvalue weighted by Crippen LogP contribution is -2.31. The Hall–Kier alpha value is -3.20. The molecular weight excluding hydrogens is 372 g/mol. The van der Waals surface area contributed by atoms with Crippen molar-refractivity contribution in [1.29, 1.82) is 0 Å². The Morgan fingerprint density at radius 1 is 0.733 bits per heavy atom. The van der Waals surface area contributed by atoms with Gasteiger partial charge >= 0.3 is 0 Å². The van der Waals surface area contributed by atoms with Crippen LogP contribution >= 0.6 is 0 Å². The van der Waals surface area contributed by atoms with Gasteiger partial charge in [0, 0.05) is 5.41 Å². The minimum atomic E-state index is -0.400. The molecule has 0 aliphatic rings. The lowest BCUT2D eigenvalue weighted by molar-refractivity contribution is 0.375. The Bertz CT molecular complexity index is 1060. The number of phenolic OH excluding ortho intramolecular Hbond substituents is 3. The van der Waals surface area contributed by atoms with Gasteiger partial charge in [-0.05, 0) is 77.4 Å². The second kappa shape index (κ2) is 8.27. The third kappa shape index (κ3) is 4.85. The molecule has 0 saturated carbocycles. The number of hydrogen-bond acceptors (Lipinski definition) is 3. The lowest BCUT2D eigenvalue weighted by atomic mass is 9.67. The summed E-state index contributed by atoms with van der Waals surface area (Å²) in [7, 11) is 0. The van der Waals surface area contributed by atoms with Gasteiger partial charge in [0.2, 0.25) is 0 Å². The molecule has 0 aromatic heterocycles. The van der Waals surface area contributed by atoms with Gasteiger partial charge in [-0.2, -0.15) is 0 Å². The van der Waals surface area contributed by atoms with Gasteiger partial charge in [0.15, 0.2) is 0 Å². The van der Waals surface area contributed by atoms with E-state index in [4.69, 9.17) is 0 Å². The van der Waals surface area contributed by atoms with Crippen LogP contribution in [-0.2, 0) is 10.8 Å². The summed E-state index contributed by atoms with van der Waals surface area (Å²) in [6.45, 7) is 8.54. The maximum atomic E-state index is 10.1. The Morgan fingerprint density at radius 3 is 1.80 bits per heavy atom. The first-order valence-electron chi connectivity index (χ1n) is 10.2. The van der Waals surface area contributed by atoms with Gasteiger partial charge in [0.05, 0.1) is 0 Å². The van der Waals surface area contributed by atoms with Crippen LogP contribution in [0.1, 0.15) is 50.8 Å². The smallest absolute Gasteiger partial charge is 0.116 e. The summed E-state index contributed by atoms with van der Waals surface area (Å²) in [6.07, 6.45) is 2.96. The van der Waals surface area contributed by atoms with Crippen molar-refractivity contribution in [2.45, 2.75) is 44.9 Å². The van der Waals surface area contributed by atoms with Gasteiger partial charge in [0.25, 0.3) is 0 Å². The number of rotatable bonds is 6. The molecule has 156 valence electrons. The summed E-state index contributed by atoms with van der Waals surface area (Å²) >= 11 is 0. The third-order valence-corrected chi connectivity index (χ3v) is 5.78. The van der Waals surface area contributed by atoms with E-state index in [9.17, 15) is 15.3 Å². The van der Waals surface area contributed by atoms with Gasteiger partial charge < -0.3 is 15.3 Å². The van der Waals surface area contributed by atoms with E-state index in [1.807, 2.05) is 55.5 Å². The molecule has 0 amide bonds. The van der Waals surface area contributed by atoms with Crippen LogP contribution in [0.2, 0.25) is 0 Å². The molecule has 3 rings (SSSR count). The SMILES string of the molecule is C/C(=C\C(C)(CC(C)(C)c1cccc(O)c1)c1cccc(O)c1)c1cccc(O)c1. The Balaban J connectivity index is 2.09. The number of benzene rings is 3. The molecule has 1 unspecified atom stereocenters. The van der Waals surface area contributed by atoms with Gasteiger partial charge in [-0.25, -0.2) is 0 Å². The van der Waals surface area contributed by atoms with E-state index < -0.39 is 5.41 Å². The number of allylic oxidation sites excluding steroid dienone is 2. The molecule has 0 aliphatic carbocycles. The van der Waals surface area contributed by atoms with Crippen LogP contribution in [0.4, 0.5) is 0 Å². The minimum Gasteiger partial charge on any atom is -0.508 e. The highest BCUT2D eigenvalue weighted by Gasteiger charge is 2.34. The van der Waals surface area contributed by atoms with Crippen LogP contribution in [0, 0.1) is 0 Å². The fourth-order valence-corrected chi connectivity index (χ4v) is 4.36. The first kappa shape index (κ1) is 21.5. The van der Waals surface area contributed by atoms with E-state index in [-0.39, 0.29) is 22.7 Å². The van der Waals surface area contributed by atoms with Gasteiger partial charge in [-0.15, -0.1) is 0 Å². The van der Waals surface area contributed by atoms with Crippen LogP contribution in [0.15, 0.2) is 78.9 Å². The lowest BCUT2D eigenvalue weighted by Gasteiger charge is -2.37. The van der Waals surface area contributed by atoms with Crippen molar-refractivity contribution in [2.75, 3.05) is 0 Å². The molecule has 0 fully saturated rings. The Kier molecular flexibility index (Phi) is 5.93. The largest absolute Gasteiger partial charge is 0.508 e. The van der Waals surface area contributed by atoms with Crippen LogP contribution < -0.4 is 0 Å². The van der Waals surface area contributed by atoms with Crippen molar-refractivity contribution in [2.24, 2.45) is 0 Å². The highest BCUT2D eigenvalue weighted by Crippen LogP contribution is 2.42. The molecule has 0 aliphatic heterocycles. The summed E-state index contributed by atoms with van der Waals surface area (Å²) in [6, 6.07) is 22.0. The van der Waals surface area contributed by atoms with Crippen LogP contribution in [0.5, 0.6) is 17.2 Å². The predicted octanol–water partition coefficient (Wildman–Crippen LogP) is 6.53. The van der Waals surface area contributed by atoms with Crippen molar-refractivity contribution in [3.05, 3.63) is 95.6 Å². The van der Waals surface area contributed by atoms with Gasteiger partial charge in [-0.1, -0.05) is 63.2 Å². The monoisotopic (exact) mass is 402 g/mol. The summed E-state index contributed by atoms with van der Waals surface area (Å²) < 4.78 is 0. The molecule has 0 saturated heterocycles. The second-order valence-corrected chi connectivity index (χ2v) is 8.96. The zero-order valence-corrected chi connectivity index (χ0v) is 18.1. The first-order valence-corrected chi connectivity index (χ1v) is 10.2. The van der Waals surface area contributed by atoms with E-state index in [1.165, 1.54) is 0 Å². The zero-order valence-electron chi connectivity index (χ0n) is 18.1. The summed E-state index contributed by atoms with van der Waals surface area (Å²) in [4.78, 5) is 0. The molecule has 3 aromatic carbocycles. The normalized spacial score (nSPS) is 14.3. The number of hydrogen-bond donors (Lipinski definition) is 3. The molecule has 0 heterocycles. The van der Waals surface area contributed by atoms with Crippen LogP contribution in [-0.4, -0.2) is 15.3 Å². The average molecular weight is 403 g/mol. The third-order valence-electron chi connectivity index (χ3n) is 5.78. The van der Waals surface area contributed by atoms with Gasteiger partial charge in [-0.3, -0.25) is 0 Å². The fraction of sp³-hybridized carbons (Fsp3) is 0.259. The predicted molar refractivity (Wildman–Crippen MR) is 123 cm³/mol. The molecule has 0 bridgehead atoms. The van der Waals surface area contributed by atoms with E-state index in [0.29, 0.717) is 0 Å². The molecule has 30 heavy (non-hydrogen) atoms. The number of phenols is 3. The van der Waals surface area contributed by atoms with Crippen LogP contribution in [0.3, 0.4) is 0 Å². The van der Waals surface area contributed by atoms with E-state index in [1.54, 1.807) is 24.3 Å². The molecule has 3 heteroatoms. The highest BCUT2D eigenvalue weighted by molar-refractivity contribution is 5.67. The van der Waals surface area contributed by atoms with E-state index >= 15 is 0 Å². The Labute approximate surface area is 179 Å². The van der Waals surface area contributed by atoms with Crippen molar-refractivity contribution in [1.82, 2.24) is 0 Å². The topological polar surface area (TPSA) is 60.7 Å².